The summed E-state index contributed by atoms with van der Waals surface area (Å²) < 4.78 is 6.50. The van der Waals surface area contributed by atoms with Crippen LogP contribution in [0.5, 0.6) is 0 Å². The van der Waals surface area contributed by atoms with E-state index in [1.54, 1.807) is 0 Å². The first kappa shape index (κ1) is 21.2. The molecular weight excluding hydrogens is 436 g/mol. The van der Waals surface area contributed by atoms with Crippen LogP contribution in [-0.4, -0.2) is 34.8 Å². The van der Waals surface area contributed by atoms with Crippen LogP contribution in [0, 0.1) is 6.92 Å². The molecule has 5 rings (SSSR count). The predicted molar refractivity (Wildman–Crippen MR) is 128 cm³/mol. The van der Waals surface area contributed by atoms with Crippen molar-refractivity contribution in [1.29, 1.82) is 0 Å². The molecule has 0 bridgehead atoms. The lowest BCUT2D eigenvalue weighted by Crippen LogP contribution is -2.42. The lowest BCUT2D eigenvalue weighted by molar-refractivity contribution is -0.139. The molecule has 7 heteroatoms. The number of hydrogen-bond acceptors (Lipinski definition) is 5. The summed E-state index contributed by atoms with van der Waals surface area (Å²) in [6, 6.07) is 20.9. The van der Waals surface area contributed by atoms with Gasteiger partial charge in [-0.1, -0.05) is 54.6 Å². The number of thiazole rings is 1. The number of carboxylic acids is 1. The third-order valence-corrected chi connectivity index (χ3v) is 6.94. The Morgan fingerprint density at radius 2 is 1.73 bits per heavy atom. The number of benzene rings is 3. The van der Waals surface area contributed by atoms with Gasteiger partial charge < -0.3 is 15.2 Å². The molecule has 1 aromatic heterocycles. The van der Waals surface area contributed by atoms with E-state index < -0.39 is 18.1 Å². The van der Waals surface area contributed by atoms with Crippen molar-refractivity contribution in [3.8, 4) is 11.1 Å². The van der Waals surface area contributed by atoms with Crippen molar-refractivity contribution < 1.29 is 19.4 Å². The van der Waals surface area contributed by atoms with Gasteiger partial charge in [0.15, 0.2) is 0 Å². The molecule has 1 unspecified atom stereocenters. The monoisotopic (exact) mass is 458 g/mol. The quantitative estimate of drug-likeness (QED) is 0.418. The summed E-state index contributed by atoms with van der Waals surface area (Å²) in [4.78, 5) is 28.8. The lowest BCUT2D eigenvalue weighted by atomic mass is 9.98. The van der Waals surface area contributed by atoms with Gasteiger partial charge in [-0.15, -0.1) is 11.3 Å². The van der Waals surface area contributed by atoms with E-state index in [-0.39, 0.29) is 18.9 Å². The van der Waals surface area contributed by atoms with Crippen LogP contribution in [0.4, 0.5) is 4.79 Å². The maximum Gasteiger partial charge on any atom is 0.407 e. The Labute approximate surface area is 194 Å². The van der Waals surface area contributed by atoms with Gasteiger partial charge in [0, 0.05) is 12.3 Å². The minimum atomic E-state index is -1.13. The summed E-state index contributed by atoms with van der Waals surface area (Å²) in [5, 5.41) is 12.8. The van der Waals surface area contributed by atoms with Crippen molar-refractivity contribution in [2.75, 3.05) is 6.61 Å². The highest BCUT2D eigenvalue weighted by molar-refractivity contribution is 7.18. The SMILES string of the molecule is Cc1ccc2nc(CC(NC(=O)OCC3c4ccccc4-c4ccccc43)C(=O)O)sc2c1. The minimum absolute atomic E-state index is 0.0843. The predicted octanol–water partition coefficient (Wildman–Crippen LogP) is 5.14. The van der Waals surface area contributed by atoms with Gasteiger partial charge in [-0.2, -0.15) is 0 Å². The molecule has 2 N–H and O–H groups in total. The summed E-state index contributed by atoms with van der Waals surface area (Å²) in [6.07, 6.45) is -0.654. The van der Waals surface area contributed by atoms with Crippen molar-refractivity contribution in [1.82, 2.24) is 10.3 Å². The van der Waals surface area contributed by atoms with Gasteiger partial charge in [0.1, 0.15) is 12.6 Å². The molecule has 1 atom stereocenters. The molecule has 0 fully saturated rings. The highest BCUT2D eigenvalue weighted by atomic mass is 32.1. The topological polar surface area (TPSA) is 88.5 Å². The molecular formula is C26H22N2O4S. The highest BCUT2D eigenvalue weighted by Crippen LogP contribution is 2.44. The molecule has 166 valence electrons. The van der Waals surface area contributed by atoms with Gasteiger partial charge in [0.25, 0.3) is 0 Å². The molecule has 33 heavy (non-hydrogen) atoms. The van der Waals surface area contributed by atoms with Crippen LogP contribution in [0.3, 0.4) is 0 Å². The molecule has 3 aromatic carbocycles. The molecule has 1 aliphatic carbocycles. The Morgan fingerprint density at radius 1 is 1.06 bits per heavy atom. The molecule has 1 heterocycles. The number of aliphatic carboxylic acids is 1. The largest absolute Gasteiger partial charge is 0.480 e. The number of nitrogens with zero attached hydrogens (tertiary/aromatic N) is 1. The Morgan fingerprint density at radius 3 is 2.39 bits per heavy atom. The van der Waals surface area contributed by atoms with Gasteiger partial charge in [-0.05, 0) is 46.9 Å². The molecule has 0 spiro atoms. The number of hydrogen-bond donors (Lipinski definition) is 2. The van der Waals surface area contributed by atoms with Crippen LogP contribution in [0.25, 0.3) is 21.3 Å². The minimum Gasteiger partial charge on any atom is -0.480 e. The van der Waals surface area contributed by atoms with Crippen LogP contribution >= 0.6 is 11.3 Å². The van der Waals surface area contributed by atoms with Gasteiger partial charge in [-0.3, -0.25) is 0 Å². The second kappa shape index (κ2) is 8.67. The van der Waals surface area contributed by atoms with Crippen molar-refractivity contribution in [3.63, 3.8) is 0 Å². The maximum atomic E-state index is 12.5. The summed E-state index contributed by atoms with van der Waals surface area (Å²) in [7, 11) is 0. The first-order valence-corrected chi connectivity index (χ1v) is 11.5. The van der Waals surface area contributed by atoms with Crippen LogP contribution in [0.1, 0.15) is 27.6 Å². The van der Waals surface area contributed by atoms with E-state index in [1.807, 2.05) is 61.5 Å². The number of carbonyl (C=O) groups is 2. The number of rotatable bonds is 6. The van der Waals surface area contributed by atoms with E-state index in [1.165, 1.54) is 11.3 Å². The fourth-order valence-corrected chi connectivity index (χ4v) is 5.43. The molecule has 1 aliphatic rings. The number of carbonyl (C=O) groups excluding carboxylic acids is 1. The number of carboxylic acid groups (broad SMARTS) is 1. The second-order valence-corrected chi connectivity index (χ2v) is 9.26. The van der Waals surface area contributed by atoms with E-state index in [0.29, 0.717) is 5.01 Å². The summed E-state index contributed by atoms with van der Waals surface area (Å²) in [6.45, 7) is 2.13. The Bertz CT molecular complexity index is 1320. The zero-order chi connectivity index (χ0) is 22.9. The average Bonchev–Trinajstić information content (AvgIpc) is 3.35. The van der Waals surface area contributed by atoms with Gasteiger partial charge in [0.05, 0.1) is 15.2 Å². The fraction of sp³-hybridized carbons (Fsp3) is 0.192. The standard InChI is InChI=1S/C26H22N2O4S/c1-15-10-11-21-23(12-15)33-24(27-21)13-22(25(29)30)28-26(31)32-14-20-18-8-4-2-6-16(18)17-7-3-5-9-19(17)20/h2-12,20,22H,13-14H2,1H3,(H,28,31)(H,29,30). The number of aryl methyl sites for hydroxylation is 1. The van der Waals surface area contributed by atoms with Crippen LogP contribution in [0.15, 0.2) is 66.7 Å². The summed E-state index contributed by atoms with van der Waals surface area (Å²) in [5.74, 6) is -1.21. The van der Waals surface area contributed by atoms with E-state index in [4.69, 9.17) is 4.74 Å². The molecule has 4 aromatic rings. The van der Waals surface area contributed by atoms with Gasteiger partial charge in [-0.25, -0.2) is 14.6 Å². The van der Waals surface area contributed by atoms with E-state index in [0.717, 1.165) is 38.0 Å². The van der Waals surface area contributed by atoms with Gasteiger partial charge in [0.2, 0.25) is 0 Å². The fourth-order valence-electron chi connectivity index (χ4n) is 4.32. The summed E-state index contributed by atoms with van der Waals surface area (Å²) in [5.41, 5.74) is 6.42. The molecule has 0 saturated carbocycles. The first-order chi connectivity index (χ1) is 16.0. The number of alkyl carbamates (subject to hydrolysis) is 1. The summed E-state index contributed by atoms with van der Waals surface area (Å²) >= 11 is 1.44. The number of aromatic nitrogens is 1. The molecule has 0 aliphatic heterocycles. The smallest absolute Gasteiger partial charge is 0.407 e. The van der Waals surface area contributed by atoms with Crippen LogP contribution < -0.4 is 5.32 Å². The number of amides is 1. The Balaban J connectivity index is 1.27. The van der Waals surface area contributed by atoms with Crippen LogP contribution in [-0.2, 0) is 16.0 Å². The number of nitrogens with one attached hydrogen (secondary N) is 1. The molecule has 0 saturated heterocycles. The van der Waals surface area contributed by atoms with E-state index >= 15 is 0 Å². The van der Waals surface area contributed by atoms with E-state index in [2.05, 4.69) is 22.4 Å². The third kappa shape index (κ3) is 4.19. The molecule has 0 radical (unpaired) electrons. The highest BCUT2D eigenvalue weighted by Gasteiger charge is 2.30. The van der Waals surface area contributed by atoms with E-state index in [9.17, 15) is 14.7 Å². The molecule has 1 amide bonds. The Hall–Kier alpha value is -3.71. The van der Waals surface area contributed by atoms with Crippen molar-refractivity contribution in [2.24, 2.45) is 0 Å². The molecule has 6 nitrogen and oxygen atoms in total. The second-order valence-electron chi connectivity index (χ2n) is 8.14. The zero-order valence-corrected chi connectivity index (χ0v) is 18.8. The first-order valence-electron chi connectivity index (χ1n) is 10.7. The van der Waals surface area contributed by atoms with Crippen molar-refractivity contribution in [3.05, 3.63) is 88.4 Å². The normalized spacial score (nSPS) is 13.4. The Kier molecular flexibility index (Phi) is 5.56. The zero-order valence-electron chi connectivity index (χ0n) is 17.9. The number of fused-ring (bicyclic) bond motifs is 4. The maximum absolute atomic E-state index is 12.5. The average molecular weight is 459 g/mol. The van der Waals surface area contributed by atoms with Gasteiger partial charge >= 0.3 is 12.1 Å². The van der Waals surface area contributed by atoms with Crippen molar-refractivity contribution >= 4 is 33.6 Å². The van der Waals surface area contributed by atoms with Crippen molar-refractivity contribution in [2.45, 2.75) is 25.3 Å². The van der Waals surface area contributed by atoms with Crippen LogP contribution in [0.2, 0.25) is 0 Å². The number of ether oxygens (including phenoxy) is 1. The third-order valence-electron chi connectivity index (χ3n) is 5.90. The lowest BCUT2D eigenvalue weighted by Gasteiger charge is -2.17.